The lowest BCUT2D eigenvalue weighted by molar-refractivity contribution is -0.369. The Hall–Kier alpha value is -3.10. The smallest absolute Gasteiger partial charge is 0.192 e. The summed E-state index contributed by atoms with van der Waals surface area (Å²) in [5.74, 6) is 1.27. The minimum atomic E-state index is -2.31. The molecule has 0 amide bonds. The predicted octanol–water partition coefficient (Wildman–Crippen LogP) is 1.67. The standard InChI is InChI=1S/C33H42N2O10/c1-19-12-25(37)22-13-20-14-30(32(2,21-6-4-3-5-7-21)44-27(20)15-28(22)43-19)45-42-17-29(39)33(41,31(40)26(38)16-36)18-35-11-9-23-24(35)8-10-34-23/h8-10,12-13,15,21,26,29-31,36,38-41H,3-7,11,14,16-18H2,1-2H3. The van der Waals surface area contributed by atoms with Crippen molar-refractivity contribution in [2.75, 3.05) is 26.3 Å². The van der Waals surface area contributed by atoms with E-state index in [2.05, 4.69) is 4.99 Å². The SMILES string of the molecule is Cc1cc(=O)c2cc3c(cc2o1)OC(C)(C1CCCCC1)C(OOCC(O)C(O)(CN1CC=C2N=CC=C21)C(O)C(O)CO)C3. The minimum Gasteiger partial charge on any atom is -0.484 e. The maximum atomic E-state index is 12.7. The molecule has 12 nitrogen and oxygen atoms in total. The molecule has 6 atom stereocenters. The summed E-state index contributed by atoms with van der Waals surface area (Å²) >= 11 is 0. The number of β-amino-alcohol motifs (C(OH)–C–C–N with tert-alkyl or cyclic N) is 1. The number of ether oxygens (including phenoxy) is 1. The number of rotatable bonds is 11. The summed E-state index contributed by atoms with van der Waals surface area (Å²) in [4.78, 5) is 30.3. The molecule has 0 saturated heterocycles. The lowest BCUT2D eigenvalue weighted by Gasteiger charge is -2.47. The van der Waals surface area contributed by atoms with E-state index in [4.69, 9.17) is 18.9 Å². The van der Waals surface area contributed by atoms with Crippen molar-refractivity contribution in [1.82, 2.24) is 4.90 Å². The molecular formula is C33H42N2O10. The molecule has 6 unspecified atom stereocenters. The zero-order valence-electron chi connectivity index (χ0n) is 25.6. The van der Waals surface area contributed by atoms with Crippen molar-refractivity contribution in [3.63, 3.8) is 0 Å². The van der Waals surface area contributed by atoms with Crippen molar-refractivity contribution in [2.45, 2.75) is 88.0 Å². The highest BCUT2D eigenvalue weighted by Gasteiger charge is 2.51. The summed E-state index contributed by atoms with van der Waals surface area (Å²) < 4.78 is 12.5. The second kappa shape index (κ2) is 12.6. The number of aliphatic imine (C=N–C) groups is 1. The van der Waals surface area contributed by atoms with Gasteiger partial charge in [0.1, 0.15) is 59.3 Å². The first-order valence-corrected chi connectivity index (χ1v) is 15.7. The van der Waals surface area contributed by atoms with Gasteiger partial charge in [0, 0.05) is 37.2 Å². The van der Waals surface area contributed by atoms with Crippen molar-refractivity contribution in [1.29, 1.82) is 0 Å². The Balaban J connectivity index is 1.22. The third-order valence-corrected chi connectivity index (χ3v) is 9.87. The molecule has 0 spiro atoms. The van der Waals surface area contributed by atoms with Crippen molar-refractivity contribution in [2.24, 2.45) is 10.9 Å². The van der Waals surface area contributed by atoms with Crippen molar-refractivity contribution < 1.29 is 44.5 Å². The highest BCUT2D eigenvalue weighted by molar-refractivity contribution is 5.80. The Morgan fingerprint density at radius 3 is 2.71 bits per heavy atom. The van der Waals surface area contributed by atoms with E-state index < -0.39 is 48.8 Å². The van der Waals surface area contributed by atoms with Crippen LogP contribution in [-0.2, 0) is 16.2 Å². The third-order valence-electron chi connectivity index (χ3n) is 9.87. The fourth-order valence-electron chi connectivity index (χ4n) is 7.13. The summed E-state index contributed by atoms with van der Waals surface area (Å²) in [5, 5.41) is 54.0. The molecule has 4 aliphatic rings. The van der Waals surface area contributed by atoms with Crippen molar-refractivity contribution in [3.05, 3.63) is 63.3 Å². The fraction of sp³-hybridized carbons (Fsp3) is 0.576. The van der Waals surface area contributed by atoms with E-state index in [0.29, 0.717) is 46.8 Å². The molecule has 6 rings (SSSR count). The molecule has 0 radical (unpaired) electrons. The number of hydrogen-bond acceptors (Lipinski definition) is 12. The second-order valence-electron chi connectivity index (χ2n) is 12.9. The number of fused-ring (bicyclic) bond motifs is 3. The number of aliphatic hydroxyl groups is 5. The zero-order chi connectivity index (χ0) is 31.9. The van der Waals surface area contributed by atoms with Crippen molar-refractivity contribution in [3.8, 4) is 5.75 Å². The highest BCUT2D eigenvalue weighted by Crippen LogP contribution is 2.45. The van der Waals surface area contributed by atoms with E-state index >= 15 is 0 Å². The molecule has 1 aliphatic carbocycles. The predicted molar refractivity (Wildman–Crippen MR) is 164 cm³/mol. The molecule has 1 aromatic carbocycles. The van der Waals surface area contributed by atoms with Gasteiger partial charge in [0.2, 0.25) is 0 Å². The first kappa shape index (κ1) is 31.9. The maximum Gasteiger partial charge on any atom is 0.192 e. The third kappa shape index (κ3) is 5.96. The fourth-order valence-corrected chi connectivity index (χ4v) is 7.13. The van der Waals surface area contributed by atoms with Gasteiger partial charge in [-0.15, -0.1) is 0 Å². The number of aryl methyl sites for hydroxylation is 1. The molecular weight excluding hydrogens is 584 g/mol. The van der Waals surface area contributed by atoms with Crippen LogP contribution in [0.4, 0.5) is 0 Å². The van der Waals surface area contributed by atoms with Crippen LogP contribution in [0.2, 0.25) is 0 Å². The molecule has 1 saturated carbocycles. The molecule has 0 bridgehead atoms. The van der Waals surface area contributed by atoms with Crippen molar-refractivity contribution >= 4 is 17.2 Å². The van der Waals surface area contributed by atoms with Gasteiger partial charge in [-0.05, 0) is 50.5 Å². The van der Waals surface area contributed by atoms with Crippen LogP contribution >= 0.6 is 0 Å². The lowest BCUT2D eigenvalue weighted by atomic mass is 9.72. The number of benzene rings is 1. The van der Waals surface area contributed by atoms with Crippen LogP contribution in [0.25, 0.3) is 11.0 Å². The molecule has 1 fully saturated rings. The van der Waals surface area contributed by atoms with Gasteiger partial charge in [-0.2, -0.15) is 0 Å². The number of aliphatic hydroxyl groups excluding tert-OH is 4. The Labute approximate surface area is 260 Å². The molecule has 45 heavy (non-hydrogen) atoms. The van der Waals surface area contributed by atoms with E-state index in [1.807, 2.05) is 13.0 Å². The van der Waals surface area contributed by atoms with Crippen LogP contribution in [0.5, 0.6) is 5.75 Å². The van der Waals surface area contributed by atoms with Crippen LogP contribution < -0.4 is 10.2 Å². The van der Waals surface area contributed by atoms with Crippen LogP contribution in [-0.4, -0.2) is 98.6 Å². The van der Waals surface area contributed by atoms with Crippen LogP contribution in [0.1, 0.15) is 50.4 Å². The summed E-state index contributed by atoms with van der Waals surface area (Å²) in [5.41, 5.74) is -0.658. The van der Waals surface area contributed by atoms with Gasteiger partial charge in [0.15, 0.2) is 5.43 Å². The molecule has 2 aromatic rings. The van der Waals surface area contributed by atoms with Crippen LogP contribution in [0.15, 0.2) is 55.9 Å². The monoisotopic (exact) mass is 626 g/mol. The first-order chi connectivity index (χ1) is 21.5. The first-order valence-electron chi connectivity index (χ1n) is 15.7. The summed E-state index contributed by atoms with van der Waals surface area (Å²) in [7, 11) is 0. The van der Waals surface area contributed by atoms with Gasteiger partial charge in [0.25, 0.3) is 0 Å². The van der Waals surface area contributed by atoms with Gasteiger partial charge >= 0.3 is 0 Å². The minimum absolute atomic E-state index is 0.148. The topological polar surface area (TPSA) is 175 Å². The summed E-state index contributed by atoms with van der Waals surface area (Å²) in [6.07, 6.45) is 4.71. The van der Waals surface area contributed by atoms with E-state index in [1.54, 1.807) is 36.2 Å². The Morgan fingerprint density at radius 2 is 1.96 bits per heavy atom. The molecule has 12 heteroatoms. The summed E-state index contributed by atoms with van der Waals surface area (Å²) in [6, 6.07) is 4.97. The van der Waals surface area contributed by atoms with Gasteiger partial charge < -0.3 is 39.6 Å². The van der Waals surface area contributed by atoms with Gasteiger partial charge in [0.05, 0.1) is 29.9 Å². The second-order valence-corrected chi connectivity index (χ2v) is 12.9. The van der Waals surface area contributed by atoms with E-state index in [-0.39, 0.29) is 17.9 Å². The molecule has 5 N–H and O–H groups in total. The molecule has 3 aliphatic heterocycles. The Kier molecular flexibility index (Phi) is 8.92. The number of allylic oxidation sites excluding steroid dienone is 1. The average molecular weight is 627 g/mol. The quantitative estimate of drug-likeness (QED) is 0.181. The molecule has 1 aromatic heterocycles. The van der Waals surface area contributed by atoms with Gasteiger partial charge in [-0.3, -0.25) is 9.79 Å². The van der Waals surface area contributed by atoms with E-state index in [9.17, 15) is 30.3 Å². The maximum absolute atomic E-state index is 12.7. The lowest BCUT2D eigenvalue weighted by Crippen LogP contribution is -2.63. The van der Waals surface area contributed by atoms with Crippen LogP contribution in [0, 0.1) is 12.8 Å². The zero-order valence-corrected chi connectivity index (χ0v) is 25.6. The number of nitrogens with zero attached hydrogens (tertiary/aromatic N) is 2. The highest BCUT2D eigenvalue weighted by atomic mass is 17.2. The average Bonchev–Trinajstić information content (AvgIpc) is 3.65. The largest absolute Gasteiger partial charge is 0.484 e. The Morgan fingerprint density at radius 1 is 1.18 bits per heavy atom. The van der Waals surface area contributed by atoms with Crippen LogP contribution in [0.3, 0.4) is 0 Å². The molecule has 4 heterocycles. The van der Waals surface area contributed by atoms with E-state index in [1.165, 1.54) is 6.07 Å². The van der Waals surface area contributed by atoms with Gasteiger partial charge in [-0.1, -0.05) is 19.3 Å². The van der Waals surface area contributed by atoms with Gasteiger partial charge in [-0.25, -0.2) is 9.78 Å². The Bertz CT molecular complexity index is 1560. The number of hydrogen-bond donors (Lipinski definition) is 5. The normalized spacial score (nSPS) is 26.5. The summed E-state index contributed by atoms with van der Waals surface area (Å²) in [6.45, 7) is 2.43. The molecule has 244 valence electrons. The van der Waals surface area contributed by atoms with E-state index in [0.717, 1.165) is 37.7 Å².